The van der Waals surface area contributed by atoms with E-state index in [9.17, 15) is 17.6 Å². The van der Waals surface area contributed by atoms with Gasteiger partial charge in [-0.05, 0) is 37.3 Å². The Hall–Kier alpha value is -2.45. The average molecular weight is 377 g/mol. The van der Waals surface area contributed by atoms with Crippen LogP contribution in [0.5, 0.6) is 0 Å². The number of amides is 1. The van der Waals surface area contributed by atoms with E-state index in [2.05, 4.69) is 10.0 Å². The van der Waals surface area contributed by atoms with Crippen LogP contribution in [0.1, 0.15) is 17.3 Å². The summed E-state index contributed by atoms with van der Waals surface area (Å²) >= 11 is 0. The molecule has 8 heteroatoms. The van der Waals surface area contributed by atoms with E-state index in [1.165, 1.54) is 42.5 Å². The third kappa shape index (κ3) is 3.86. The first-order valence-corrected chi connectivity index (χ1v) is 9.76. The minimum absolute atomic E-state index is 0.0213. The van der Waals surface area contributed by atoms with Crippen molar-refractivity contribution in [2.45, 2.75) is 17.9 Å². The van der Waals surface area contributed by atoms with Crippen molar-refractivity contribution in [1.82, 2.24) is 10.2 Å². The summed E-state index contributed by atoms with van der Waals surface area (Å²) in [4.78, 5) is 14.4. The van der Waals surface area contributed by atoms with Gasteiger partial charge in [0, 0.05) is 31.2 Å². The molecule has 6 nitrogen and oxygen atoms in total. The minimum atomic E-state index is -4.01. The molecule has 138 valence electrons. The summed E-state index contributed by atoms with van der Waals surface area (Å²) in [5.74, 6) is -0.889. The number of carbonyl (C=O) groups is 1. The summed E-state index contributed by atoms with van der Waals surface area (Å²) < 4.78 is 41.1. The number of piperazine rings is 1. The fourth-order valence-corrected chi connectivity index (χ4v) is 3.97. The fourth-order valence-electron chi connectivity index (χ4n) is 2.85. The standard InChI is InChI=1S/C18H20FN3O3S/c1-13-12-20-9-10-22(13)18(23)14-5-4-6-15(11-14)26(24,25)21-17-8-3-2-7-16(17)19/h2-8,11,13,20-21H,9-10,12H2,1H3. The van der Waals surface area contributed by atoms with Crippen molar-refractivity contribution in [3.05, 3.63) is 59.9 Å². The smallest absolute Gasteiger partial charge is 0.262 e. The molecule has 1 fully saturated rings. The lowest BCUT2D eigenvalue weighted by atomic mass is 10.1. The lowest BCUT2D eigenvalue weighted by Crippen LogP contribution is -2.52. The second-order valence-corrected chi connectivity index (χ2v) is 7.85. The molecule has 1 aliphatic heterocycles. The Labute approximate surface area is 152 Å². The molecule has 1 aliphatic rings. The maximum absolute atomic E-state index is 13.7. The third-order valence-electron chi connectivity index (χ3n) is 4.27. The van der Waals surface area contributed by atoms with Crippen molar-refractivity contribution in [1.29, 1.82) is 0 Å². The molecule has 26 heavy (non-hydrogen) atoms. The first-order chi connectivity index (χ1) is 12.4. The Morgan fingerprint density at radius 1 is 1.23 bits per heavy atom. The van der Waals surface area contributed by atoms with Gasteiger partial charge in [-0.3, -0.25) is 9.52 Å². The van der Waals surface area contributed by atoms with Crippen molar-refractivity contribution >= 4 is 21.6 Å². The summed E-state index contributed by atoms with van der Waals surface area (Å²) in [5, 5.41) is 3.20. The van der Waals surface area contributed by atoms with E-state index < -0.39 is 15.8 Å². The first kappa shape index (κ1) is 18.3. The number of benzene rings is 2. The molecule has 0 aliphatic carbocycles. The van der Waals surface area contributed by atoms with Gasteiger partial charge < -0.3 is 10.2 Å². The SMILES string of the molecule is CC1CNCCN1C(=O)c1cccc(S(=O)(=O)Nc2ccccc2F)c1. The van der Waals surface area contributed by atoms with Crippen LogP contribution in [0.15, 0.2) is 53.4 Å². The van der Waals surface area contributed by atoms with Gasteiger partial charge in [0.25, 0.3) is 15.9 Å². The Bertz CT molecular complexity index is 917. The summed E-state index contributed by atoms with van der Waals surface area (Å²) in [6, 6.07) is 11.3. The van der Waals surface area contributed by atoms with E-state index in [0.29, 0.717) is 19.6 Å². The van der Waals surface area contributed by atoms with Crippen LogP contribution < -0.4 is 10.0 Å². The number of nitrogens with one attached hydrogen (secondary N) is 2. The van der Waals surface area contributed by atoms with Crippen molar-refractivity contribution in [3.63, 3.8) is 0 Å². The van der Waals surface area contributed by atoms with E-state index >= 15 is 0 Å². The monoisotopic (exact) mass is 377 g/mol. The Morgan fingerprint density at radius 2 is 2.00 bits per heavy atom. The van der Waals surface area contributed by atoms with Crippen LogP contribution in [0.3, 0.4) is 0 Å². The van der Waals surface area contributed by atoms with Crippen molar-refractivity contribution in [2.75, 3.05) is 24.4 Å². The van der Waals surface area contributed by atoms with Gasteiger partial charge in [0.2, 0.25) is 0 Å². The highest BCUT2D eigenvalue weighted by molar-refractivity contribution is 7.92. The van der Waals surface area contributed by atoms with Crippen LogP contribution in [-0.4, -0.2) is 44.9 Å². The first-order valence-electron chi connectivity index (χ1n) is 8.27. The Kier molecular flexibility index (Phi) is 5.24. The highest BCUT2D eigenvalue weighted by Gasteiger charge is 2.25. The van der Waals surface area contributed by atoms with Gasteiger partial charge in [0.1, 0.15) is 5.82 Å². The number of para-hydroxylation sites is 1. The minimum Gasteiger partial charge on any atom is -0.333 e. The van der Waals surface area contributed by atoms with Crippen LogP contribution in [0.2, 0.25) is 0 Å². The molecule has 3 rings (SSSR count). The van der Waals surface area contributed by atoms with Crippen LogP contribution in [0, 0.1) is 5.82 Å². The van der Waals surface area contributed by atoms with E-state index in [0.717, 1.165) is 0 Å². The average Bonchev–Trinajstić information content (AvgIpc) is 2.63. The van der Waals surface area contributed by atoms with E-state index in [-0.39, 0.29) is 28.1 Å². The maximum atomic E-state index is 13.7. The predicted octanol–water partition coefficient (Wildman–Crippen LogP) is 2.06. The molecule has 2 N–H and O–H groups in total. The van der Waals surface area contributed by atoms with Crippen LogP contribution in [-0.2, 0) is 10.0 Å². The summed E-state index contributed by atoms with van der Waals surface area (Å²) in [5.41, 5.74) is 0.148. The van der Waals surface area contributed by atoms with Crippen molar-refractivity contribution in [3.8, 4) is 0 Å². The Balaban J connectivity index is 1.86. The quantitative estimate of drug-likeness (QED) is 0.855. The molecule has 1 unspecified atom stereocenters. The van der Waals surface area contributed by atoms with Gasteiger partial charge in [-0.2, -0.15) is 0 Å². The molecular formula is C18H20FN3O3S. The molecule has 0 bridgehead atoms. The van der Waals surface area contributed by atoms with Gasteiger partial charge in [0.05, 0.1) is 10.6 Å². The molecule has 0 aromatic heterocycles. The van der Waals surface area contributed by atoms with Crippen LogP contribution in [0.25, 0.3) is 0 Å². The zero-order valence-electron chi connectivity index (χ0n) is 14.3. The third-order valence-corrected chi connectivity index (χ3v) is 5.63. The number of hydrogen-bond acceptors (Lipinski definition) is 4. The molecule has 1 amide bonds. The van der Waals surface area contributed by atoms with Gasteiger partial charge in [-0.25, -0.2) is 12.8 Å². The molecule has 1 saturated heterocycles. The molecule has 2 aromatic carbocycles. The second kappa shape index (κ2) is 7.43. The number of nitrogens with zero attached hydrogens (tertiary/aromatic N) is 1. The van der Waals surface area contributed by atoms with E-state index in [1.54, 1.807) is 11.0 Å². The lowest BCUT2D eigenvalue weighted by molar-refractivity contribution is 0.0655. The zero-order valence-corrected chi connectivity index (χ0v) is 15.1. The molecule has 0 saturated carbocycles. The van der Waals surface area contributed by atoms with E-state index in [1.807, 2.05) is 6.92 Å². The second-order valence-electron chi connectivity index (χ2n) is 6.16. The molecule has 1 atom stereocenters. The van der Waals surface area contributed by atoms with Crippen LogP contribution >= 0.6 is 0 Å². The number of carbonyl (C=O) groups excluding carboxylic acids is 1. The summed E-state index contributed by atoms with van der Waals surface area (Å²) in [6.07, 6.45) is 0. The van der Waals surface area contributed by atoms with Gasteiger partial charge in [-0.15, -0.1) is 0 Å². The lowest BCUT2D eigenvalue weighted by Gasteiger charge is -2.34. The number of anilines is 1. The fraction of sp³-hybridized carbons (Fsp3) is 0.278. The number of halogens is 1. The summed E-state index contributed by atoms with van der Waals surface area (Å²) in [6.45, 7) is 3.89. The number of hydrogen-bond donors (Lipinski definition) is 2. The highest BCUT2D eigenvalue weighted by Crippen LogP contribution is 2.20. The number of rotatable bonds is 4. The molecule has 0 spiro atoms. The Morgan fingerprint density at radius 3 is 2.73 bits per heavy atom. The van der Waals surface area contributed by atoms with Crippen molar-refractivity contribution in [2.24, 2.45) is 0 Å². The topological polar surface area (TPSA) is 78.5 Å². The largest absolute Gasteiger partial charge is 0.333 e. The molecular weight excluding hydrogens is 357 g/mol. The van der Waals surface area contributed by atoms with Gasteiger partial charge in [-0.1, -0.05) is 18.2 Å². The van der Waals surface area contributed by atoms with Gasteiger partial charge in [0.15, 0.2) is 0 Å². The maximum Gasteiger partial charge on any atom is 0.262 e. The zero-order chi connectivity index (χ0) is 18.7. The molecule has 1 heterocycles. The molecule has 0 radical (unpaired) electrons. The normalized spacial score (nSPS) is 17.8. The van der Waals surface area contributed by atoms with Crippen molar-refractivity contribution < 1.29 is 17.6 Å². The molecule has 2 aromatic rings. The highest BCUT2D eigenvalue weighted by atomic mass is 32.2. The summed E-state index contributed by atoms with van der Waals surface area (Å²) in [7, 11) is -4.01. The van der Waals surface area contributed by atoms with Crippen LogP contribution in [0.4, 0.5) is 10.1 Å². The number of sulfonamides is 1. The van der Waals surface area contributed by atoms with E-state index in [4.69, 9.17) is 0 Å². The van der Waals surface area contributed by atoms with Gasteiger partial charge >= 0.3 is 0 Å². The predicted molar refractivity (Wildman–Crippen MR) is 97.0 cm³/mol.